The number of hydrogen-bond donors (Lipinski definition) is 2. The summed E-state index contributed by atoms with van der Waals surface area (Å²) >= 11 is 0. The monoisotopic (exact) mass is 387 g/mol. The van der Waals surface area contributed by atoms with E-state index in [1.807, 2.05) is 6.07 Å². The molecule has 2 aromatic carbocycles. The highest BCUT2D eigenvalue weighted by Gasteiger charge is 2.35. The number of anilines is 1. The van der Waals surface area contributed by atoms with E-state index >= 15 is 0 Å². The molecule has 1 atom stereocenters. The van der Waals surface area contributed by atoms with E-state index in [-0.39, 0.29) is 22.3 Å². The lowest BCUT2D eigenvalue weighted by Crippen LogP contribution is -2.53. The first kappa shape index (κ1) is 19.4. The van der Waals surface area contributed by atoms with Crippen LogP contribution in [0.3, 0.4) is 0 Å². The van der Waals surface area contributed by atoms with Crippen LogP contribution in [0.5, 0.6) is 0 Å². The minimum Gasteiger partial charge on any atom is -0.338 e. The topological polar surface area (TPSA) is 92.5 Å². The number of hydrogen-bond acceptors (Lipinski definition) is 4. The largest absolute Gasteiger partial charge is 0.338 e. The summed E-state index contributed by atoms with van der Waals surface area (Å²) in [7, 11) is -3.70. The molecule has 27 heavy (non-hydrogen) atoms. The first-order valence-electron chi connectivity index (χ1n) is 8.92. The molecule has 1 saturated heterocycles. The van der Waals surface area contributed by atoms with Crippen molar-refractivity contribution in [1.29, 1.82) is 0 Å². The molecule has 0 radical (unpaired) electrons. The maximum Gasteiger partial charge on any atom is 0.261 e. The number of nitrogens with zero attached hydrogens (tertiary/aromatic N) is 1. The molecule has 7 heteroatoms. The molecule has 0 aliphatic carbocycles. The summed E-state index contributed by atoms with van der Waals surface area (Å²) in [6.45, 7) is 5.31. The molecule has 1 amide bonds. The van der Waals surface area contributed by atoms with Gasteiger partial charge in [0.25, 0.3) is 15.9 Å². The van der Waals surface area contributed by atoms with Gasteiger partial charge in [-0.05, 0) is 48.2 Å². The number of carbonyl (C=O) groups excluding carboxylic acids is 1. The van der Waals surface area contributed by atoms with Gasteiger partial charge in [0.15, 0.2) is 0 Å². The number of carbonyl (C=O) groups is 1. The number of sulfonamides is 1. The van der Waals surface area contributed by atoms with E-state index in [9.17, 15) is 13.2 Å². The van der Waals surface area contributed by atoms with E-state index in [1.54, 1.807) is 41.3 Å². The lowest BCUT2D eigenvalue weighted by Gasteiger charge is -2.42. The van der Waals surface area contributed by atoms with Gasteiger partial charge in [-0.3, -0.25) is 9.52 Å². The molecule has 0 bridgehead atoms. The van der Waals surface area contributed by atoms with Crippen molar-refractivity contribution in [2.75, 3.05) is 17.8 Å². The van der Waals surface area contributed by atoms with E-state index in [0.29, 0.717) is 24.3 Å². The molecule has 3 N–H and O–H groups in total. The van der Waals surface area contributed by atoms with Crippen molar-refractivity contribution < 1.29 is 13.2 Å². The molecule has 1 aliphatic rings. The number of likely N-dealkylation sites (tertiary alicyclic amines) is 1. The van der Waals surface area contributed by atoms with Gasteiger partial charge in [0.2, 0.25) is 0 Å². The lowest BCUT2D eigenvalue weighted by molar-refractivity contribution is 0.0533. The first-order chi connectivity index (χ1) is 12.7. The first-order valence-corrected chi connectivity index (χ1v) is 10.4. The van der Waals surface area contributed by atoms with Gasteiger partial charge in [0.1, 0.15) is 0 Å². The van der Waals surface area contributed by atoms with E-state index in [2.05, 4.69) is 18.6 Å². The Morgan fingerprint density at radius 2 is 1.74 bits per heavy atom. The molecule has 1 aliphatic heterocycles. The van der Waals surface area contributed by atoms with Gasteiger partial charge in [0.05, 0.1) is 4.90 Å². The van der Waals surface area contributed by atoms with Gasteiger partial charge >= 0.3 is 0 Å². The average Bonchev–Trinajstić information content (AvgIpc) is 2.64. The van der Waals surface area contributed by atoms with Crippen LogP contribution in [-0.4, -0.2) is 38.4 Å². The SMILES string of the molecule is CC1(C)CN(C(=O)c2ccc(S(=O)(=O)Nc3ccccc3)cc2)CCC1N. The Labute approximate surface area is 160 Å². The summed E-state index contributed by atoms with van der Waals surface area (Å²) in [6.07, 6.45) is 0.756. The number of nitrogens with two attached hydrogens (primary N) is 1. The van der Waals surface area contributed by atoms with Gasteiger partial charge in [-0.2, -0.15) is 0 Å². The molecule has 2 aromatic rings. The summed E-state index contributed by atoms with van der Waals surface area (Å²) in [6, 6.07) is 14.8. The highest BCUT2D eigenvalue weighted by atomic mass is 32.2. The van der Waals surface area contributed by atoms with Crippen molar-refractivity contribution >= 4 is 21.6 Å². The minimum absolute atomic E-state index is 0.0677. The molecular weight excluding hydrogens is 362 g/mol. The zero-order valence-corrected chi connectivity index (χ0v) is 16.4. The molecule has 0 aromatic heterocycles. The number of rotatable bonds is 4. The maximum atomic E-state index is 12.8. The van der Waals surface area contributed by atoms with Crippen LogP contribution in [0.15, 0.2) is 59.5 Å². The summed E-state index contributed by atoms with van der Waals surface area (Å²) in [4.78, 5) is 14.7. The van der Waals surface area contributed by atoms with Gasteiger partial charge in [-0.25, -0.2) is 8.42 Å². The number of benzene rings is 2. The van der Waals surface area contributed by atoms with Crippen LogP contribution in [0.1, 0.15) is 30.6 Å². The average molecular weight is 388 g/mol. The lowest BCUT2D eigenvalue weighted by atomic mass is 9.79. The summed E-state index contributed by atoms with van der Waals surface area (Å²) < 4.78 is 27.5. The summed E-state index contributed by atoms with van der Waals surface area (Å²) in [5, 5.41) is 0. The highest BCUT2D eigenvalue weighted by Crippen LogP contribution is 2.28. The Kier molecular flexibility index (Phi) is 5.26. The fourth-order valence-corrected chi connectivity index (χ4v) is 4.29. The second kappa shape index (κ2) is 7.32. The van der Waals surface area contributed by atoms with Crippen molar-refractivity contribution in [2.24, 2.45) is 11.1 Å². The van der Waals surface area contributed by atoms with Crippen LogP contribution >= 0.6 is 0 Å². The van der Waals surface area contributed by atoms with Crippen LogP contribution < -0.4 is 10.5 Å². The van der Waals surface area contributed by atoms with Crippen LogP contribution in [0.4, 0.5) is 5.69 Å². The standard InChI is InChI=1S/C20H25N3O3S/c1-20(2)14-23(13-12-18(20)21)19(24)15-8-10-17(11-9-15)27(25,26)22-16-6-4-3-5-7-16/h3-11,18,22H,12-14,21H2,1-2H3. The molecule has 1 heterocycles. The normalized spacial score (nSPS) is 19.5. The number of piperidine rings is 1. The molecule has 3 rings (SSSR count). The molecular formula is C20H25N3O3S. The minimum atomic E-state index is -3.70. The zero-order valence-electron chi connectivity index (χ0n) is 15.6. The molecule has 0 saturated carbocycles. The number of amides is 1. The van der Waals surface area contributed by atoms with Crippen molar-refractivity contribution in [3.8, 4) is 0 Å². The Balaban J connectivity index is 1.74. The summed E-state index contributed by atoms with van der Waals surface area (Å²) in [5.41, 5.74) is 6.95. The Morgan fingerprint density at radius 3 is 2.33 bits per heavy atom. The Hall–Kier alpha value is -2.38. The van der Waals surface area contributed by atoms with Gasteiger partial charge in [-0.1, -0.05) is 32.0 Å². The number of nitrogens with one attached hydrogen (secondary N) is 1. The quantitative estimate of drug-likeness (QED) is 0.844. The van der Waals surface area contributed by atoms with Crippen molar-refractivity contribution in [1.82, 2.24) is 4.90 Å². The second-order valence-electron chi connectivity index (χ2n) is 7.61. The molecule has 1 unspecified atom stereocenters. The van der Waals surface area contributed by atoms with Crippen molar-refractivity contribution in [2.45, 2.75) is 31.2 Å². The van der Waals surface area contributed by atoms with Gasteiger partial charge in [-0.15, -0.1) is 0 Å². The predicted octanol–water partition coefficient (Wildman–Crippen LogP) is 2.69. The van der Waals surface area contributed by atoms with Gasteiger partial charge in [0, 0.05) is 30.4 Å². The highest BCUT2D eigenvalue weighted by molar-refractivity contribution is 7.92. The summed E-state index contributed by atoms with van der Waals surface area (Å²) in [5.74, 6) is -0.102. The van der Waals surface area contributed by atoms with Crippen molar-refractivity contribution in [3.05, 3.63) is 60.2 Å². The van der Waals surface area contributed by atoms with Crippen molar-refractivity contribution in [3.63, 3.8) is 0 Å². The smallest absolute Gasteiger partial charge is 0.261 e. The fourth-order valence-electron chi connectivity index (χ4n) is 3.23. The third-order valence-corrected chi connectivity index (χ3v) is 6.43. The fraction of sp³-hybridized carbons (Fsp3) is 0.350. The van der Waals surface area contributed by atoms with Crippen LogP contribution in [0.2, 0.25) is 0 Å². The van der Waals surface area contributed by atoms with E-state index in [0.717, 1.165) is 6.42 Å². The third kappa shape index (κ3) is 4.31. The second-order valence-corrected chi connectivity index (χ2v) is 9.29. The van der Waals surface area contributed by atoms with E-state index < -0.39 is 10.0 Å². The molecule has 6 nitrogen and oxygen atoms in total. The Morgan fingerprint density at radius 1 is 1.11 bits per heavy atom. The number of para-hydroxylation sites is 1. The van der Waals surface area contributed by atoms with E-state index in [1.165, 1.54) is 12.1 Å². The molecule has 0 spiro atoms. The van der Waals surface area contributed by atoms with E-state index in [4.69, 9.17) is 5.73 Å². The van der Waals surface area contributed by atoms with Crippen LogP contribution in [0, 0.1) is 5.41 Å². The molecule has 144 valence electrons. The van der Waals surface area contributed by atoms with Crippen LogP contribution in [0.25, 0.3) is 0 Å². The maximum absolute atomic E-state index is 12.8. The third-order valence-electron chi connectivity index (χ3n) is 5.04. The predicted molar refractivity (Wildman–Crippen MR) is 106 cm³/mol. The Bertz CT molecular complexity index is 909. The molecule has 1 fully saturated rings. The van der Waals surface area contributed by atoms with Crippen LogP contribution in [-0.2, 0) is 10.0 Å². The van der Waals surface area contributed by atoms with Gasteiger partial charge < -0.3 is 10.6 Å². The zero-order chi connectivity index (χ0) is 19.7.